The van der Waals surface area contributed by atoms with Crippen molar-refractivity contribution in [2.75, 3.05) is 0 Å². The van der Waals surface area contributed by atoms with Crippen molar-refractivity contribution in [2.24, 2.45) is 7.05 Å². The van der Waals surface area contributed by atoms with E-state index in [-0.39, 0.29) is 17.2 Å². The molecule has 5 aromatic rings. The molecule has 0 saturated heterocycles. The number of hydrogen-bond donors (Lipinski definition) is 1. The zero-order valence-electron chi connectivity index (χ0n) is 21.6. The molecule has 6 rings (SSSR count). The lowest BCUT2D eigenvalue weighted by molar-refractivity contribution is 0.420. The quantitative estimate of drug-likeness (QED) is 0.371. The van der Waals surface area contributed by atoms with E-state index in [4.69, 9.17) is 4.98 Å². The smallest absolute Gasteiger partial charge is 0.317 e. The molecular weight excluding hydrogens is 480 g/mol. The standard InChI is InChI=1S/C28H30N8O2/c1-3-35-26-23(27(37)34(2)28(35)38)36(25(29-26)20-9-5-4-6-10-20)17-18-13-15-19(16-14-18)21-11-7-8-12-22(21)24-30-32-33-31-24/h7-8,11-16,20H,3-6,9-10,17H2,1-2H3,(H,30,31,32,33). The minimum absolute atomic E-state index is 0.280. The van der Waals surface area contributed by atoms with Gasteiger partial charge in [0.05, 0.1) is 0 Å². The Bertz CT molecular complexity index is 1710. The van der Waals surface area contributed by atoms with E-state index in [0.717, 1.165) is 53.8 Å². The minimum Gasteiger partial charge on any atom is -0.317 e. The van der Waals surface area contributed by atoms with Crippen LogP contribution >= 0.6 is 0 Å². The van der Waals surface area contributed by atoms with Crippen LogP contribution in [0.2, 0.25) is 0 Å². The normalized spacial score (nSPS) is 14.4. The van der Waals surface area contributed by atoms with E-state index >= 15 is 0 Å². The van der Waals surface area contributed by atoms with Gasteiger partial charge in [-0.05, 0) is 46.9 Å². The molecule has 0 amide bonds. The molecule has 1 saturated carbocycles. The number of tetrazole rings is 1. The number of benzene rings is 2. The van der Waals surface area contributed by atoms with E-state index in [1.165, 1.54) is 11.0 Å². The van der Waals surface area contributed by atoms with E-state index < -0.39 is 0 Å². The molecule has 1 fully saturated rings. The molecule has 0 spiro atoms. The summed E-state index contributed by atoms with van der Waals surface area (Å²) in [7, 11) is 1.55. The first-order valence-electron chi connectivity index (χ1n) is 13.2. The first-order valence-corrected chi connectivity index (χ1v) is 13.2. The number of aromatic nitrogens is 8. The Kier molecular flexibility index (Phi) is 6.22. The lowest BCUT2D eigenvalue weighted by Gasteiger charge is -2.22. The molecule has 0 aliphatic heterocycles. The number of aromatic amines is 1. The molecule has 2 aromatic carbocycles. The van der Waals surface area contributed by atoms with Gasteiger partial charge < -0.3 is 4.57 Å². The van der Waals surface area contributed by atoms with Crippen LogP contribution in [-0.4, -0.2) is 39.3 Å². The van der Waals surface area contributed by atoms with Crippen molar-refractivity contribution in [3.05, 3.63) is 80.8 Å². The number of nitrogens with zero attached hydrogens (tertiary/aromatic N) is 7. The van der Waals surface area contributed by atoms with Gasteiger partial charge in [-0.15, -0.1) is 5.10 Å². The van der Waals surface area contributed by atoms with Gasteiger partial charge in [-0.3, -0.25) is 13.9 Å². The highest BCUT2D eigenvalue weighted by molar-refractivity contribution is 5.80. The molecule has 0 bridgehead atoms. The predicted molar refractivity (Wildman–Crippen MR) is 145 cm³/mol. The zero-order chi connectivity index (χ0) is 26.2. The third-order valence-electron chi connectivity index (χ3n) is 7.68. The highest BCUT2D eigenvalue weighted by Gasteiger charge is 2.26. The molecular formula is C28H30N8O2. The van der Waals surface area contributed by atoms with Crippen molar-refractivity contribution < 1.29 is 0 Å². The van der Waals surface area contributed by atoms with Gasteiger partial charge in [0.2, 0.25) is 0 Å². The Morgan fingerprint density at radius 3 is 2.37 bits per heavy atom. The van der Waals surface area contributed by atoms with Gasteiger partial charge in [-0.25, -0.2) is 14.9 Å². The molecule has 38 heavy (non-hydrogen) atoms. The second-order valence-corrected chi connectivity index (χ2v) is 9.95. The lowest BCUT2D eigenvalue weighted by atomic mass is 9.88. The van der Waals surface area contributed by atoms with Crippen molar-refractivity contribution in [3.63, 3.8) is 0 Å². The van der Waals surface area contributed by atoms with Crippen LogP contribution in [0.3, 0.4) is 0 Å². The first kappa shape index (κ1) is 24.0. The fourth-order valence-corrected chi connectivity index (χ4v) is 5.68. The highest BCUT2D eigenvalue weighted by Crippen LogP contribution is 2.34. The number of nitrogens with one attached hydrogen (secondary N) is 1. The van der Waals surface area contributed by atoms with Crippen molar-refractivity contribution in [1.29, 1.82) is 0 Å². The largest absolute Gasteiger partial charge is 0.332 e. The topological polar surface area (TPSA) is 116 Å². The monoisotopic (exact) mass is 510 g/mol. The van der Waals surface area contributed by atoms with E-state index in [2.05, 4.69) is 49.5 Å². The molecule has 0 radical (unpaired) electrons. The summed E-state index contributed by atoms with van der Waals surface area (Å²) in [5.41, 5.74) is 4.42. The minimum atomic E-state index is -0.324. The Morgan fingerprint density at radius 1 is 0.947 bits per heavy atom. The molecule has 10 nitrogen and oxygen atoms in total. The molecule has 194 valence electrons. The van der Waals surface area contributed by atoms with Crippen LogP contribution in [0, 0.1) is 0 Å². The number of imidazole rings is 1. The zero-order valence-corrected chi connectivity index (χ0v) is 21.6. The molecule has 3 heterocycles. The van der Waals surface area contributed by atoms with Crippen molar-refractivity contribution in [3.8, 4) is 22.5 Å². The average Bonchev–Trinajstić information content (AvgIpc) is 3.62. The van der Waals surface area contributed by atoms with Crippen molar-refractivity contribution >= 4 is 11.2 Å². The Hall–Kier alpha value is -4.34. The predicted octanol–water partition coefficient (Wildman–Crippen LogP) is 3.86. The Labute approximate surface area is 219 Å². The molecule has 1 aliphatic rings. The Morgan fingerprint density at radius 2 is 1.68 bits per heavy atom. The molecule has 0 unspecified atom stereocenters. The van der Waals surface area contributed by atoms with Crippen LogP contribution in [0.15, 0.2) is 58.1 Å². The summed E-state index contributed by atoms with van der Waals surface area (Å²) >= 11 is 0. The summed E-state index contributed by atoms with van der Waals surface area (Å²) < 4.78 is 4.87. The summed E-state index contributed by atoms with van der Waals surface area (Å²) in [6.45, 7) is 2.88. The average molecular weight is 511 g/mol. The summed E-state index contributed by atoms with van der Waals surface area (Å²) in [5, 5.41) is 14.3. The fourth-order valence-electron chi connectivity index (χ4n) is 5.68. The van der Waals surface area contributed by atoms with Crippen LogP contribution in [-0.2, 0) is 20.1 Å². The number of hydrogen-bond acceptors (Lipinski definition) is 6. The first-order chi connectivity index (χ1) is 18.6. The maximum atomic E-state index is 13.4. The summed E-state index contributed by atoms with van der Waals surface area (Å²) in [4.78, 5) is 31.2. The third kappa shape index (κ3) is 4.06. The second kappa shape index (κ2) is 9.85. The van der Waals surface area contributed by atoms with Gasteiger partial charge in [0, 0.05) is 31.6 Å². The third-order valence-corrected chi connectivity index (χ3v) is 7.68. The lowest BCUT2D eigenvalue weighted by Crippen LogP contribution is -2.38. The van der Waals surface area contributed by atoms with Crippen LogP contribution < -0.4 is 11.2 Å². The second-order valence-electron chi connectivity index (χ2n) is 9.95. The van der Waals surface area contributed by atoms with Gasteiger partial charge in [-0.1, -0.05) is 67.8 Å². The van der Waals surface area contributed by atoms with Crippen molar-refractivity contribution in [1.82, 2.24) is 39.3 Å². The van der Waals surface area contributed by atoms with Crippen molar-refractivity contribution in [2.45, 2.75) is 58.0 Å². The summed E-state index contributed by atoms with van der Waals surface area (Å²) in [5.74, 6) is 1.81. The Balaban J connectivity index is 1.44. The molecule has 0 atom stereocenters. The van der Waals surface area contributed by atoms with E-state index in [1.54, 1.807) is 11.6 Å². The SMILES string of the molecule is CCn1c(=O)n(C)c(=O)c2c1nc(C1CCCCC1)n2Cc1ccc(-c2ccccc2-c2nnn[nH]2)cc1. The van der Waals surface area contributed by atoms with E-state index in [1.807, 2.05) is 31.2 Å². The molecule has 10 heteroatoms. The molecule has 3 aromatic heterocycles. The van der Waals surface area contributed by atoms with Gasteiger partial charge in [0.15, 0.2) is 17.0 Å². The van der Waals surface area contributed by atoms with E-state index in [0.29, 0.717) is 30.1 Å². The summed E-state index contributed by atoms with van der Waals surface area (Å²) in [6.07, 6.45) is 5.63. The number of aryl methyl sites for hydroxylation is 1. The van der Waals surface area contributed by atoms with Gasteiger partial charge >= 0.3 is 5.69 Å². The van der Waals surface area contributed by atoms with Crippen LogP contribution in [0.4, 0.5) is 0 Å². The number of fused-ring (bicyclic) bond motifs is 1. The number of H-pyrrole nitrogens is 1. The fraction of sp³-hybridized carbons (Fsp3) is 0.357. The highest BCUT2D eigenvalue weighted by atomic mass is 16.2. The maximum Gasteiger partial charge on any atom is 0.332 e. The van der Waals surface area contributed by atoms with E-state index in [9.17, 15) is 9.59 Å². The van der Waals surface area contributed by atoms with Crippen LogP contribution in [0.25, 0.3) is 33.7 Å². The molecule has 1 aliphatic carbocycles. The van der Waals surface area contributed by atoms with Gasteiger partial charge in [-0.2, -0.15) is 0 Å². The van der Waals surface area contributed by atoms with Gasteiger partial charge in [0.1, 0.15) is 5.82 Å². The molecule has 1 N–H and O–H groups in total. The summed E-state index contributed by atoms with van der Waals surface area (Å²) in [6, 6.07) is 16.3. The van der Waals surface area contributed by atoms with Crippen LogP contribution in [0.5, 0.6) is 0 Å². The number of rotatable bonds is 6. The maximum absolute atomic E-state index is 13.4. The van der Waals surface area contributed by atoms with Crippen LogP contribution in [0.1, 0.15) is 56.3 Å². The van der Waals surface area contributed by atoms with Gasteiger partial charge in [0.25, 0.3) is 5.56 Å².